The Labute approximate surface area is 136 Å². The molecule has 1 aromatic carbocycles. The molecule has 0 atom stereocenters. The minimum atomic E-state index is -0.367. The maximum Gasteiger partial charge on any atom is 0.128 e. The Morgan fingerprint density at radius 2 is 2.14 bits per heavy atom. The van der Waals surface area contributed by atoms with Crippen LogP contribution in [0.2, 0.25) is 0 Å². The maximum atomic E-state index is 13.3. The van der Waals surface area contributed by atoms with E-state index in [1.807, 2.05) is 11.6 Å². The van der Waals surface area contributed by atoms with Crippen molar-refractivity contribution in [3.63, 3.8) is 0 Å². The van der Waals surface area contributed by atoms with Crippen LogP contribution in [-0.2, 0) is 19.7 Å². The average Bonchev–Trinajstić information content (AvgIpc) is 3.19. The van der Waals surface area contributed by atoms with E-state index in [4.69, 9.17) is 5.11 Å². The van der Waals surface area contributed by atoms with Crippen molar-refractivity contribution in [2.75, 3.05) is 0 Å². The third kappa shape index (κ3) is 3.59. The lowest BCUT2D eigenvalue weighted by atomic mass is 10.1. The zero-order valence-electron chi connectivity index (χ0n) is 11.8. The van der Waals surface area contributed by atoms with E-state index in [-0.39, 0.29) is 12.4 Å². The summed E-state index contributed by atoms with van der Waals surface area (Å²) in [6.45, 7) is 1.06. The molecule has 22 heavy (non-hydrogen) atoms. The normalized spacial score (nSPS) is 11.0. The zero-order valence-corrected chi connectivity index (χ0v) is 13.4. The van der Waals surface area contributed by atoms with Gasteiger partial charge in [0.05, 0.1) is 6.61 Å². The van der Waals surface area contributed by atoms with E-state index in [1.165, 1.54) is 6.07 Å². The summed E-state index contributed by atoms with van der Waals surface area (Å²) in [4.78, 5) is 5.58. The van der Waals surface area contributed by atoms with E-state index in [1.54, 1.807) is 34.8 Å². The van der Waals surface area contributed by atoms with Gasteiger partial charge in [-0.05, 0) is 29.1 Å². The van der Waals surface area contributed by atoms with Gasteiger partial charge in [0.1, 0.15) is 10.8 Å². The fraction of sp³-hybridized carbons (Fsp3) is 0.188. The number of halogens is 1. The molecule has 3 rings (SSSR count). The molecule has 2 aromatic heterocycles. The summed E-state index contributed by atoms with van der Waals surface area (Å²) in [7, 11) is 0. The van der Waals surface area contributed by atoms with Gasteiger partial charge in [0.2, 0.25) is 0 Å². The molecule has 0 aliphatic heterocycles. The number of aliphatic hydroxyl groups excluding tert-OH is 1. The first-order valence-corrected chi connectivity index (χ1v) is 8.58. The van der Waals surface area contributed by atoms with Crippen LogP contribution in [0.25, 0.3) is 10.6 Å². The highest BCUT2D eigenvalue weighted by Crippen LogP contribution is 2.26. The highest BCUT2D eigenvalue weighted by molar-refractivity contribution is 7.15. The summed E-state index contributed by atoms with van der Waals surface area (Å²) < 4.78 is 13.3. The lowest BCUT2D eigenvalue weighted by Crippen LogP contribution is -2.12. The average molecular weight is 334 g/mol. The molecule has 0 fully saturated rings. The molecule has 2 N–H and O–H groups in total. The monoisotopic (exact) mass is 334 g/mol. The van der Waals surface area contributed by atoms with Gasteiger partial charge in [-0.2, -0.15) is 11.3 Å². The maximum absolute atomic E-state index is 13.3. The van der Waals surface area contributed by atoms with Crippen LogP contribution in [0.4, 0.5) is 4.39 Å². The van der Waals surface area contributed by atoms with Crippen LogP contribution in [-0.4, -0.2) is 10.1 Å². The Kier molecular flexibility index (Phi) is 4.94. The van der Waals surface area contributed by atoms with Gasteiger partial charge < -0.3 is 10.4 Å². The van der Waals surface area contributed by atoms with Crippen LogP contribution in [0.5, 0.6) is 0 Å². The molecule has 0 saturated carbocycles. The van der Waals surface area contributed by atoms with Gasteiger partial charge in [0.25, 0.3) is 0 Å². The first-order valence-electron chi connectivity index (χ1n) is 6.82. The van der Waals surface area contributed by atoms with Gasteiger partial charge in [-0.25, -0.2) is 9.37 Å². The summed E-state index contributed by atoms with van der Waals surface area (Å²) in [5.41, 5.74) is 2.44. The van der Waals surface area contributed by atoms with Crippen molar-refractivity contribution >= 4 is 22.7 Å². The molecule has 0 unspecified atom stereocenters. The van der Waals surface area contributed by atoms with Crippen LogP contribution >= 0.6 is 22.7 Å². The SMILES string of the molecule is OCc1cc(CNCc2cnc(-c3ccsc3)s2)ccc1F. The number of hydrogen-bond donors (Lipinski definition) is 2. The Balaban J connectivity index is 1.57. The zero-order chi connectivity index (χ0) is 15.4. The summed E-state index contributed by atoms with van der Waals surface area (Å²) in [5.74, 6) is -0.367. The van der Waals surface area contributed by atoms with Crippen molar-refractivity contribution in [1.29, 1.82) is 0 Å². The third-order valence-corrected chi connectivity index (χ3v) is 4.96. The van der Waals surface area contributed by atoms with E-state index in [0.717, 1.165) is 21.0 Å². The van der Waals surface area contributed by atoms with Crippen LogP contribution in [0.3, 0.4) is 0 Å². The van der Waals surface area contributed by atoms with Crippen molar-refractivity contribution in [2.24, 2.45) is 0 Å². The number of hydrogen-bond acceptors (Lipinski definition) is 5. The molecule has 3 aromatic rings. The third-order valence-electron chi connectivity index (χ3n) is 3.23. The number of aliphatic hydroxyl groups is 1. The molecular formula is C16H15FN2OS2. The molecule has 0 aliphatic rings. The summed E-state index contributed by atoms with van der Waals surface area (Å²) in [5, 5.41) is 17.6. The Morgan fingerprint density at radius 1 is 1.23 bits per heavy atom. The van der Waals surface area contributed by atoms with Crippen molar-refractivity contribution in [3.05, 3.63) is 63.0 Å². The lowest BCUT2D eigenvalue weighted by Gasteiger charge is -2.06. The lowest BCUT2D eigenvalue weighted by molar-refractivity contribution is 0.275. The molecule has 0 amide bonds. The van der Waals surface area contributed by atoms with Crippen LogP contribution in [0.1, 0.15) is 16.0 Å². The highest BCUT2D eigenvalue weighted by atomic mass is 32.1. The number of thiophene rings is 1. The van der Waals surface area contributed by atoms with Gasteiger partial charge in [-0.1, -0.05) is 6.07 Å². The second-order valence-electron chi connectivity index (χ2n) is 4.83. The Morgan fingerprint density at radius 3 is 2.91 bits per heavy atom. The molecular weight excluding hydrogens is 319 g/mol. The fourth-order valence-corrected chi connectivity index (χ4v) is 3.69. The number of nitrogens with zero attached hydrogens (tertiary/aromatic N) is 1. The minimum absolute atomic E-state index is 0.279. The summed E-state index contributed by atoms with van der Waals surface area (Å²) in [6, 6.07) is 6.87. The predicted molar refractivity (Wildman–Crippen MR) is 88.3 cm³/mol. The molecule has 0 aliphatic carbocycles. The van der Waals surface area contributed by atoms with Gasteiger partial charge in [-0.15, -0.1) is 11.3 Å². The van der Waals surface area contributed by atoms with E-state index in [0.29, 0.717) is 18.7 Å². The number of thiazole rings is 1. The number of nitrogens with one attached hydrogen (secondary N) is 1. The number of rotatable bonds is 6. The highest BCUT2D eigenvalue weighted by Gasteiger charge is 2.06. The molecule has 3 nitrogen and oxygen atoms in total. The molecule has 0 radical (unpaired) electrons. The topological polar surface area (TPSA) is 45.1 Å². The summed E-state index contributed by atoms with van der Waals surface area (Å²) >= 11 is 3.33. The van der Waals surface area contributed by atoms with Gasteiger partial charge in [-0.3, -0.25) is 0 Å². The predicted octanol–water partition coefficient (Wildman–Crippen LogP) is 3.79. The quantitative estimate of drug-likeness (QED) is 0.721. The number of aromatic nitrogens is 1. The van der Waals surface area contributed by atoms with E-state index in [2.05, 4.69) is 21.7 Å². The van der Waals surface area contributed by atoms with Gasteiger partial charge in [0.15, 0.2) is 0 Å². The van der Waals surface area contributed by atoms with E-state index >= 15 is 0 Å². The number of benzene rings is 1. The largest absolute Gasteiger partial charge is 0.392 e. The van der Waals surface area contributed by atoms with Crippen molar-refractivity contribution in [2.45, 2.75) is 19.7 Å². The standard InChI is InChI=1S/C16H15FN2OS2/c17-15-2-1-11(5-13(15)9-20)6-18-7-14-8-19-16(22-14)12-3-4-21-10-12/h1-5,8,10,18,20H,6-7,9H2. The van der Waals surface area contributed by atoms with Crippen molar-refractivity contribution < 1.29 is 9.50 Å². The first-order chi connectivity index (χ1) is 10.8. The molecule has 0 saturated heterocycles. The fourth-order valence-electron chi connectivity index (χ4n) is 2.10. The van der Waals surface area contributed by atoms with E-state index in [9.17, 15) is 4.39 Å². The molecule has 0 spiro atoms. The van der Waals surface area contributed by atoms with Crippen LogP contribution < -0.4 is 5.32 Å². The second-order valence-corrected chi connectivity index (χ2v) is 6.73. The minimum Gasteiger partial charge on any atom is -0.392 e. The van der Waals surface area contributed by atoms with E-state index < -0.39 is 0 Å². The van der Waals surface area contributed by atoms with Crippen molar-refractivity contribution in [1.82, 2.24) is 10.3 Å². The summed E-state index contributed by atoms with van der Waals surface area (Å²) in [6.07, 6.45) is 1.88. The molecule has 2 heterocycles. The molecule has 114 valence electrons. The van der Waals surface area contributed by atoms with Crippen molar-refractivity contribution in [3.8, 4) is 10.6 Å². The molecule has 6 heteroatoms. The van der Waals surface area contributed by atoms with Gasteiger partial charge >= 0.3 is 0 Å². The second kappa shape index (κ2) is 7.11. The van der Waals surface area contributed by atoms with Gasteiger partial charge in [0, 0.05) is 40.7 Å². The smallest absolute Gasteiger partial charge is 0.128 e. The Bertz CT molecular complexity index is 740. The Hall–Kier alpha value is -1.60. The van der Waals surface area contributed by atoms with Crippen LogP contribution in [0.15, 0.2) is 41.2 Å². The molecule has 0 bridgehead atoms. The van der Waals surface area contributed by atoms with Crippen LogP contribution in [0, 0.1) is 5.82 Å². The first kappa shape index (κ1) is 15.3.